The lowest BCUT2D eigenvalue weighted by Crippen LogP contribution is -2.42. The molecular weight excluding hydrogens is 292 g/mol. The van der Waals surface area contributed by atoms with E-state index in [1.165, 1.54) is 0 Å². The molecule has 0 fully saturated rings. The van der Waals surface area contributed by atoms with Crippen LogP contribution < -0.4 is 10.1 Å². The van der Waals surface area contributed by atoms with Crippen molar-refractivity contribution in [2.45, 2.75) is 65.9 Å². The summed E-state index contributed by atoms with van der Waals surface area (Å²) in [7, 11) is 0. The number of nitrogens with one attached hydrogen (secondary N) is 1. The van der Waals surface area contributed by atoms with Gasteiger partial charge in [-0.25, -0.2) is 4.98 Å². The molecule has 23 heavy (non-hydrogen) atoms. The van der Waals surface area contributed by atoms with E-state index in [0.29, 0.717) is 31.2 Å². The van der Waals surface area contributed by atoms with Gasteiger partial charge < -0.3 is 14.8 Å². The molecule has 1 heterocycles. The maximum absolute atomic E-state index is 12.5. The van der Waals surface area contributed by atoms with E-state index in [-0.39, 0.29) is 5.91 Å². The first-order chi connectivity index (χ1) is 11.0. The van der Waals surface area contributed by atoms with Crippen LogP contribution in [0, 0.1) is 6.92 Å². The molecule has 1 aromatic rings. The highest BCUT2D eigenvalue weighted by Crippen LogP contribution is 2.22. The number of carbonyl (C=O) groups is 1. The fourth-order valence-electron chi connectivity index (χ4n) is 2.01. The van der Waals surface area contributed by atoms with Gasteiger partial charge in [0.15, 0.2) is 0 Å². The minimum Gasteiger partial charge on any atom is -0.477 e. The summed E-state index contributed by atoms with van der Waals surface area (Å²) in [4.78, 5) is 16.8. The van der Waals surface area contributed by atoms with Crippen molar-refractivity contribution in [3.63, 3.8) is 0 Å². The topological polar surface area (TPSA) is 60.5 Å². The molecule has 0 aliphatic carbocycles. The number of amides is 1. The second-order valence-corrected chi connectivity index (χ2v) is 5.94. The highest BCUT2D eigenvalue weighted by molar-refractivity contribution is 5.97. The predicted octanol–water partition coefficient (Wildman–Crippen LogP) is 4.10. The Morgan fingerprint density at radius 2 is 2.00 bits per heavy atom. The second-order valence-electron chi connectivity index (χ2n) is 5.94. The van der Waals surface area contributed by atoms with Gasteiger partial charge in [0.05, 0.1) is 18.5 Å². The van der Waals surface area contributed by atoms with Crippen LogP contribution in [-0.2, 0) is 9.53 Å². The minimum atomic E-state index is -0.819. The summed E-state index contributed by atoms with van der Waals surface area (Å²) >= 11 is 0. The maximum Gasteiger partial charge on any atom is 0.256 e. The molecule has 0 bridgehead atoms. The fourth-order valence-corrected chi connectivity index (χ4v) is 2.01. The zero-order chi connectivity index (χ0) is 17.3. The molecule has 130 valence electrons. The summed E-state index contributed by atoms with van der Waals surface area (Å²) in [5, 5.41) is 2.90. The van der Waals surface area contributed by atoms with Crippen molar-refractivity contribution < 1.29 is 14.3 Å². The Kier molecular flexibility index (Phi) is 8.03. The molecule has 1 atom stereocenters. The van der Waals surface area contributed by atoms with E-state index < -0.39 is 5.60 Å². The number of nitrogens with zero attached hydrogens (tertiary/aromatic N) is 1. The molecule has 0 saturated carbocycles. The third-order valence-corrected chi connectivity index (χ3v) is 3.80. The van der Waals surface area contributed by atoms with Gasteiger partial charge in [-0.3, -0.25) is 4.79 Å². The zero-order valence-electron chi connectivity index (χ0n) is 15.1. The van der Waals surface area contributed by atoms with E-state index in [2.05, 4.69) is 17.2 Å². The Bertz CT molecular complexity index is 505. The average Bonchev–Trinajstić information content (AvgIpc) is 2.54. The van der Waals surface area contributed by atoms with Crippen LogP contribution in [0.2, 0.25) is 0 Å². The van der Waals surface area contributed by atoms with Crippen molar-refractivity contribution >= 4 is 11.6 Å². The summed E-state index contributed by atoms with van der Waals surface area (Å²) in [6, 6.07) is 1.88. The quantitative estimate of drug-likeness (QED) is 0.659. The molecule has 1 N–H and O–H groups in total. The molecule has 0 aliphatic rings. The molecular formula is C18H30N2O3. The van der Waals surface area contributed by atoms with Crippen LogP contribution in [0.3, 0.4) is 0 Å². The highest BCUT2D eigenvalue weighted by Gasteiger charge is 2.32. The van der Waals surface area contributed by atoms with Gasteiger partial charge in [-0.1, -0.05) is 27.2 Å². The highest BCUT2D eigenvalue weighted by atomic mass is 16.5. The zero-order valence-corrected chi connectivity index (χ0v) is 15.1. The van der Waals surface area contributed by atoms with Gasteiger partial charge >= 0.3 is 0 Å². The number of ether oxygens (including phenoxy) is 2. The fraction of sp³-hybridized carbons (Fsp3) is 0.667. The van der Waals surface area contributed by atoms with Crippen LogP contribution in [-0.4, -0.2) is 29.7 Å². The molecule has 0 saturated heterocycles. The summed E-state index contributed by atoms with van der Waals surface area (Å²) in [5.41, 5.74) is 0.752. The second kappa shape index (κ2) is 9.50. The Balaban J connectivity index is 2.72. The van der Waals surface area contributed by atoms with Crippen molar-refractivity contribution in [1.82, 2.24) is 4.98 Å². The first-order valence-corrected chi connectivity index (χ1v) is 8.51. The number of rotatable bonds is 10. The molecule has 0 aromatic carbocycles. The first kappa shape index (κ1) is 19.4. The van der Waals surface area contributed by atoms with Gasteiger partial charge in [0.2, 0.25) is 5.88 Å². The standard InChI is InChI=1S/C18H30N2O3/c1-6-9-11-22-16-14(4)12-15(13-19-16)20-17(21)18(5,8-3)23-10-7-2/h12-13H,6-11H2,1-5H3,(H,20,21)/t18-/m1/s1. The van der Waals surface area contributed by atoms with Gasteiger partial charge in [0, 0.05) is 12.2 Å². The largest absolute Gasteiger partial charge is 0.477 e. The third-order valence-electron chi connectivity index (χ3n) is 3.80. The van der Waals surface area contributed by atoms with Crippen LogP contribution in [0.15, 0.2) is 12.3 Å². The lowest BCUT2D eigenvalue weighted by Gasteiger charge is -2.27. The van der Waals surface area contributed by atoms with Crippen molar-refractivity contribution in [1.29, 1.82) is 0 Å². The van der Waals surface area contributed by atoms with Crippen LogP contribution in [0.4, 0.5) is 5.69 Å². The number of hydrogen-bond acceptors (Lipinski definition) is 4. The predicted molar refractivity (Wildman–Crippen MR) is 92.9 cm³/mol. The van der Waals surface area contributed by atoms with E-state index >= 15 is 0 Å². The van der Waals surface area contributed by atoms with E-state index in [9.17, 15) is 4.79 Å². The Hall–Kier alpha value is -1.62. The van der Waals surface area contributed by atoms with Gasteiger partial charge in [-0.05, 0) is 39.2 Å². The van der Waals surface area contributed by atoms with Crippen LogP contribution >= 0.6 is 0 Å². The van der Waals surface area contributed by atoms with E-state index in [0.717, 1.165) is 24.8 Å². The van der Waals surface area contributed by atoms with Crippen molar-refractivity contribution in [3.8, 4) is 5.88 Å². The van der Waals surface area contributed by atoms with Crippen LogP contribution in [0.25, 0.3) is 0 Å². The number of pyridine rings is 1. The van der Waals surface area contributed by atoms with Crippen LogP contribution in [0.5, 0.6) is 5.88 Å². The lowest BCUT2D eigenvalue weighted by atomic mass is 10.0. The van der Waals surface area contributed by atoms with Crippen molar-refractivity contribution in [2.75, 3.05) is 18.5 Å². The van der Waals surface area contributed by atoms with E-state index in [4.69, 9.17) is 9.47 Å². The molecule has 0 spiro atoms. The van der Waals surface area contributed by atoms with Gasteiger partial charge in [0.1, 0.15) is 5.60 Å². The number of unbranched alkanes of at least 4 members (excludes halogenated alkanes) is 1. The van der Waals surface area contributed by atoms with Gasteiger partial charge in [-0.15, -0.1) is 0 Å². The lowest BCUT2D eigenvalue weighted by molar-refractivity contribution is -0.139. The monoisotopic (exact) mass is 322 g/mol. The van der Waals surface area contributed by atoms with Gasteiger partial charge in [-0.2, -0.15) is 0 Å². The molecule has 0 aliphatic heterocycles. The number of hydrogen-bond donors (Lipinski definition) is 1. The molecule has 0 radical (unpaired) electrons. The molecule has 1 rings (SSSR count). The van der Waals surface area contributed by atoms with Gasteiger partial charge in [0.25, 0.3) is 5.91 Å². The summed E-state index contributed by atoms with van der Waals surface area (Å²) < 4.78 is 11.4. The van der Waals surface area contributed by atoms with Crippen molar-refractivity contribution in [2.24, 2.45) is 0 Å². The van der Waals surface area contributed by atoms with Crippen LogP contribution in [0.1, 0.15) is 58.9 Å². The SMILES string of the molecule is CCCCOc1ncc(NC(=O)[C@@](C)(CC)OCCC)cc1C. The normalized spacial score (nSPS) is 13.4. The molecule has 5 nitrogen and oxygen atoms in total. The van der Waals surface area contributed by atoms with E-state index in [1.54, 1.807) is 6.20 Å². The van der Waals surface area contributed by atoms with Crippen molar-refractivity contribution in [3.05, 3.63) is 17.8 Å². The average molecular weight is 322 g/mol. The Labute approximate surface area is 139 Å². The first-order valence-electron chi connectivity index (χ1n) is 8.51. The number of anilines is 1. The molecule has 0 unspecified atom stereocenters. The number of aromatic nitrogens is 1. The molecule has 5 heteroatoms. The minimum absolute atomic E-state index is 0.144. The summed E-state index contributed by atoms with van der Waals surface area (Å²) in [5.74, 6) is 0.478. The smallest absolute Gasteiger partial charge is 0.256 e. The third kappa shape index (κ3) is 5.82. The summed E-state index contributed by atoms with van der Waals surface area (Å²) in [6.45, 7) is 11.1. The molecule has 1 aromatic heterocycles. The van der Waals surface area contributed by atoms with E-state index in [1.807, 2.05) is 33.8 Å². The Morgan fingerprint density at radius 1 is 1.26 bits per heavy atom. The maximum atomic E-state index is 12.5. The number of carbonyl (C=O) groups excluding carboxylic acids is 1. The summed E-state index contributed by atoms with van der Waals surface area (Å²) in [6.07, 6.45) is 5.21. The number of aryl methyl sites for hydroxylation is 1. The Morgan fingerprint density at radius 3 is 2.57 bits per heavy atom. The molecule has 1 amide bonds.